The Balaban J connectivity index is 2.37. The quantitative estimate of drug-likeness (QED) is 0.798. The fourth-order valence-corrected chi connectivity index (χ4v) is 2.62. The van der Waals surface area contributed by atoms with E-state index in [0.717, 1.165) is 23.1 Å². The molecule has 0 aliphatic carbocycles. The summed E-state index contributed by atoms with van der Waals surface area (Å²) in [6.07, 6.45) is 2.63. The molecule has 0 fully saturated rings. The fourth-order valence-electron chi connectivity index (χ4n) is 2.62. The summed E-state index contributed by atoms with van der Waals surface area (Å²) in [5.41, 5.74) is 9.74. The molecule has 1 aromatic carbocycles. The molecule has 1 atom stereocenters. The predicted octanol–water partition coefficient (Wildman–Crippen LogP) is 3.38. The molecule has 106 valence electrons. The van der Waals surface area contributed by atoms with Gasteiger partial charge in [0.05, 0.1) is 5.52 Å². The highest BCUT2D eigenvalue weighted by Gasteiger charge is 2.14. The number of fused-ring (bicyclic) bond motifs is 1. The summed E-state index contributed by atoms with van der Waals surface area (Å²) in [5.74, 6) is 0. The van der Waals surface area contributed by atoms with Gasteiger partial charge in [0, 0.05) is 17.8 Å². The predicted molar refractivity (Wildman–Crippen MR) is 86.3 cm³/mol. The number of benzene rings is 1. The van der Waals surface area contributed by atoms with E-state index in [4.69, 9.17) is 5.73 Å². The van der Waals surface area contributed by atoms with Gasteiger partial charge in [0.15, 0.2) is 0 Å². The number of nitrogens with two attached hydrogens (primary N) is 1. The van der Waals surface area contributed by atoms with E-state index in [1.807, 2.05) is 54.6 Å². The largest absolute Gasteiger partial charge is 0.324 e. The lowest BCUT2D eigenvalue weighted by Gasteiger charge is -2.15. The van der Waals surface area contributed by atoms with Crippen LogP contribution in [0, 0.1) is 0 Å². The summed E-state index contributed by atoms with van der Waals surface area (Å²) in [7, 11) is 0. The Morgan fingerprint density at radius 1 is 1.10 bits per heavy atom. The molecule has 3 rings (SSSR count). The van der Waals surface area contributed by atoms with Crippen molar-refractivity contribution in [1.82, 2.24) is 4.40 Å². The topological polar surface area (TPSA) is 47.5 Å². The van der Waals surface area contributed by atoms with Gasteiger partial charge in [-0.1, -0.05) is 43.3 Å². The van der Waals surface area contributed by atoms with Crippen molar-refractivity contribution in [3.63, 3.8) is 0 Å². The average molecular weight is 278 g/mol. The Kier molecular flexibility index (Phi) is 3.59. The molecule has 0 amide bonds. The maximum absolute atomic E-state index is 12.7. The van der Waals surface area contributed by atoms with E-state index in [-0.39, 0.29) is 11.6 Å². The molecular formula is C18H18N2O. The molecule has 0 spiro atoms. The monoisotopic (exact) mass is 278 g/mol. The smallest absolute Gasteiger partial charge is 0.262 e. The first kappa shape index (κ1) is 13.6. The number of hydrogen-bond acceptors (Lipinski definition) is 2. The van der Waals surface area contributed by atoms with Crippen LogP contribution in [0.2, 0.25) is 0 Å². The van der Waals surface area contributed by atoms with Gasteiger partial charge in [0.1, 0.15) is 0 Å². The minimum atomic E-state index is -0.0783. The molecule has 0 saturated carbocycles. The summed E-state index contributed by atoms with van der Waals surface area (Å²) in [5, 5.41) is 0. The molecule has 0 bridgehead atoms. The van der Waals surface area contributed by atoms with Gasteiger partial charge in [-0.2, -0.15) is 0 Å². The van der Waals surface area contributed by atoms with Crippen molar-refractivity contribution >= 4 is 5.52 Å². The first-order valence-electron chi connectivity index (χ1n) is 7.17. The lowest BCUT2D eigenvalue weighted by Crippen LogP contribution is -2.20. The first-order valence-corrected chi connectivity index (χ1v) is 7.17. The molecule has 0 aliphatic rings. The van der Waals surface area contributed by atoms with E-state index in [1.165, 1.54) is 0 Å². The van der Waals surface area contributed by atoms with E-state index in [2.05, 4.69) is 6.92 Å². The van der Waals surface area contributed by atoms with Gasteiger partial charge in [-0.15, -0.1) is 0 Å². The first-order chi connectivity index (χ1) is 10.2. The van der Waals surface area contributed by atoms with Crippen molar-refractivity contribution in [2.45, 2.75) is 19.4 Å². The van der Waals surface area contributed by atoms with E-state index in [0.29, 0.717) is 5.56 Å². The zero-order valence-corrected chi connectivity index (χ0v) is 12.0. The van der Waals surface area contributed by atoms with E-state index in [9.17, 15) is 4.79 Å². The van der Waals surface area contributed by atoms with Gasteiger partial charge in [-0.05, 0) is 35.7 Å². The highest BCUT2D eigenvalue weighted by Crippen LogP contribution is 2.24. The Morgan fingerprint density at radius 3 is 2.52 bits per heavy atom. The molecule has 21 heavy (non-hydrogen) atoms. The van der Waals surface area contributed by atoms with Crippen LogP contribution in [0.15, 0.2) is 65.6 Å². The number of pyridine rings is 2. The van der Waals surface area contributed by atoms with Gasteiger partial charge in [-0.25, -0.2) is 0 Å². The zero-order chi connectivity index (χ0) is 14.8. The maximum Gasteiger partial charge on any atom is 0.262 e. The molecule has 3 aromatic rings. The van der Waals surface area contributed by atoms with E-state index < -0.39 is 0 Å². The Hall–Kier alpha value is -2.39. The molecule has 2 N–H and O–H groups in total. The third-order valence-corrected chi connectivity index (χ3v) is 3.83. The molecular weight excluding hydrogens is 260 g/mol. The number of nitrogens with zero attached hydrogens (tertiary/aromatic N) is 1. The highest BCUT2D eigenvalue weighted by molar-refractivity contribution is 5.69. The fraction of sp³-hybridized carbons (Fsp3) is 0.167. The Labute approximate surface area is 123 Å². The molecule has 1 unspecified atom stereocenters. The normalized spacial score (nSPS) is 12.5. The second kappa shape index (κ2) is 5.54. The maximum atomic E-state index is 12.7. The van der Waals surface area contributed by atoms with Crippen molar-refractivity contribution < 1.29 is 0 Å². The second-order valence-corrected chi connectivity index (χ2v) is 5.16. The summed E-state index contributed by atoms with van der Waals surface area (Å²) < 4.78 is 1.69. The Morgan fingerprint density at radius 2 is 1.81 bits per heavy atom. The van der Waals surface area contributed by atoms with Crippen molar-refractivity contribution in [3.05, 3.63) is 76.7 Å². The Bertz CT molecular complexity index is 821. The van der Waals surface area contributed by atoms with Crippen LogP contribution in [0.5, 0.6) is 0 Å². The summed E-state index contributed by atoms with van der Waals surface area (Å²) >= 11 is 0. The van der Waals surface area contributed by atoms with Crippen LogP contribution in [0.3, 0.4) is 0 Å². The van der Waals surface area contributed by atoms with Crippen LogP contribution in [-0.2, 0) is 0 Å². The van der Waals surface area contributed by atoms with Crippen molar-refractivity contribution in [1.29, 1.82) is 0 Å². The van der Waals surface area contributed by atoms with Crippen LogP contribution in [-0.4, -0.2) is 4.40 Å². The minimum Gasteiger partial charge on any atom is -0.324 e. The third kappa shape index (κ3) is 2.36. The van der Waals surface area contributed by atoms with Crippen LogP contribution >= 0.6 is 0 Å². The zero-order valence-electron chi connectivity index (χ0n) is 12.0. The molecule has 0 saturated heterocycles. The van der Waals surface area contributed by atoms with Gasteiger partial charge in [0.2, 0.25) is 0 Å². The summed E-state index contributed by atoms with van der Waals surface area (Å²) in [6, 6.07) is 17.3. The third-order valence-electron chi connectivity index (χ3n) is 3.83. The van der Waals surface area contributed by atoms with E-state index in [1.54, 1.807) is 10.6 Å². The van der Waals surface area contributed by atoms with Crippen LogP contribution in [0.4, 0.5) is 0 Å². The second-order valence-electron chi connectivity index (χ2n) is 5.16. The number of aromatic nitrogens is 1. The van der Waals surface area contributed by atoms with Gasteiger partial charge < -0.3 is 5.73 Å². The van der Waals surface area contributed by atoms with Gasteiger partial charge >= 0.3 is 0 Å². The van der Waals surface area contributed by atoms with Crippen molar-refractivity contribution in [2.75, 3.05) is 0 Å². The van der Waals surface area contributed by atoms with Crippen LogP contribution in [0.25, 0.3) is 16.6 Å². The van der Waals surface area contributed by atoms with Crippen LogP contribution < -0.4 is 11.3 Å². The lowest BCUT2D eigenvalue weighted by molar-refractivity contribution is 0.700. The lowest BCUT2D eigenvalue weighted by atomic mass is 9.99. The molecule has 2 aromatic heterocycles. The number of hydrogen-bond donors (Lipinski definition) is 1. The summed E-state index contributed by atoms with van der Waals surface area (Å²) in [6.45, 7) is 2.05. The highest BCUT2D eigenvalue weighted by atomic mass is 16.1. The van der Waals surface area contributed by atoms with Crippen molar-refractivity contribution in [2.24, 2.45) is 5.73 Å². The molecule has 3 heteroatoms. The van der Waals surface area contributed by atoms with Crippen LogP contribution in [0.1, 0.15) is 24.9 Å². The van der Waals surface area contributed by atoms with Crippen molar-refractivity contribution in [3.8, 4) is 11.1 Å². The molecule has 2 heterocycles. The standard InChI is InChI=1S/C18H18N2O/c1-2-16(19)15-12-14(13-8-4-3-5-9-13)18(21)20-11-7-6-10-17(15)20/h3-12,16H,2,19H2,1H3. The van der Waals surface area contributed by atoms with E-state index >= 15 is 0 Å². The molecule has 3 nitrogen and oxygen atoms in total. The van der Waals surface area contributed by atoms with Gasteiger partial charge in [0.25, 0.3) is 5.56 Å². The number of rotatable bonds is 3. The van der Waals surface area contributed by atoms with Gasteiger partial charge in [-0.3, -0.25) is 9.20 Å². The minimum absolute atomic E-state index is 0.0103. The SMILES string of the molecule is CCC(N)c1cc(-c2ccccc2)c(=O)n2ccccc12. The average Bonchev–Trinajstić information content (AvgIpc) is 2.55. The summed E-state index contributed by atoms with van der Waals surface area (Å²) in [4.78, 5) is 12.7. The molecule has 0 radical (unpaired) electrons. The molecule has 0 aliphatic heterocycles.